The minimum atomic E-state index is -0.376. The molecule has 2 rings (SSSR count). The Kier molecular flexibility index (Phi) is 5.25. The van der Waals surface area contributed by atoms with Crippen LogP contribution in [0, 0.1) is 11.7 Å². The number of aromatic amines is 1. The first-order valence-corrected chi connectivity index (χ1v) is 7.51. The molecule has 0 bridgehead atoms. The monoisotopic (exact) mass is 353 g/mol. The molecule has 0 aliphatic rings. The predicted octanol–water partition coefficient (Wildman–Crippen LogP) is 3.08. The van der Waals surface area contributed by atoms with Gasteiger partial charge in [-0.3, -0.25) is 4.79 Å². The molecule has 0 radical (unpaired) electrons. The molecular weight excluding hydrogens is 337 g/mol. The molecule has 0 saturated carbocycles. The molecule has 0 unspecified atom stereocenters. The molecule has 1 aromatic carbocycles. The number of aromatic nitrogens is 2. The molecule has 0 saturated heterocycles. The van der Waals surface area contributed by atoms with Gasteiger partial charge in [0.25, 0.3) is 5.56 Å². The Morgan fingerprint density at radius 3 is 2.86 bits per heavy atom. The van der Waals surface area contributed by atoms with Crippen molar-refractivity contribution in [3.8, 4) is 11.4 Å². The lowest BCUT2D eigenvalue weighted by atomic mass is 10.2. The summed E-state index contributed by atoms with van der Waals surface area (Å²) in [4.78, 5) is 18.8. The van der Waals surface area contributed by atoms with E-state index >= 15 is 0 Å². The van der Waals surface area contributed by atoms with Gasteiger partial charge in [0.1, 0.15) is 11.6 Å². The van der Waals surface area contributed by atoms with Gasteiger partial charge in [0, 0.05) is 22.6 Å². The van der Waals surface area contributed by atoms with Gasteiger partial charge in [-0.1, -0.05) is 29.8 Å². The molecule has 0 aliphatic heterocycles. The molecule has 2 aromatic rings. The van der Waals surface area contributed by atoms with Gasteiger partial charge in [-0.2, -0.15) is 0 Å². The maximum Gasteiger partial charge on any atom is 0.251 e. The molecule has 0 amide bonds. The third kappa shape index (κ3) is 4.47. The van der Waals surface area contributed by atoms with Gasteiger partial charge >= 0.3 is 0 Å². The topological polar surface area (TPSA) is 57.8 Å². The highest BCUT2D eigenvalue weighted by Gasteiger charge is 2.09. The van der Waals surface area contributed by atoms with Crippen molar-refractivity contribution < 1.29 is 4.39 Å². The van der Waals surface area contributed by atoms with E-state index in [1.54, 1.807) is 6.07 Å². The van der Waals surface area contributed by atoms with Crippen LogP contribution in [-0.2, 0) is 6.54 Å². The van der Waals surface area contributed by atoms with Crippen LogP contribution < -0.4 is 10.9 Å². The number of halogens is 2. The van der Waals surface area contributed by atoms with Crippen LogP contribution in [0.15, 0.2) is 33.5 Å². The molecule has 1 heterocycles. The van der Waals surface area contributed by atoms with Crippen LogP contribution in [0.3, 0.4) is 0 Å². The van der Waals surface area contributed by atoms with Gasteiger partial charge < -0.3 is 10.3 Å². The van der Waals surface area contributed by atoms with E-state index in [9.17, 15) is 9.18 Å². The summed E-state index contributed by atoms with van der Waals surface area (Å²) in [6.45, 7) is 5.55. The molecule has 0 atom stereocenters. The van der Waals surface area contributed by atoms with E-state index in [2.05, 4.69) is 45.1 Å². The summed E-state index contributed by atoms with van der Waals surface area (Å²) in [6.07, 6.45) is 0. The summed E-state index contributed by atoms with van der Waals surface area (Å²) < 4.78 is 14.1. The Morgan fingerprint density at radius 1 is 1.38 bits per heavy atom. The Labute approximate surface area is 130 Å². The molecule has 4 nitrogen and oxygen atoms in total. The van der Waals surface area contributed by atoms with Gasteiger partial charge in [-0.05, 0) is 30.7 Å². The SMILES string of the molecule is CC(C)CNCc1cc(=O)[nH]c(-c2cc(F)ccc2Br)n1. The van der Waals surface area contributed by atoms with E-state index in [0.717, 1.165) is 6.54 Å². The van der Waals surface area contributed by atoms with Crippen molar-refractivity contribution in [3.05, 3.63) is 50.6 Å². The number of hydrogen-bond donors (Lipinski definition) is 2. The van der Waals surface area contributed by atoms with E-state index in [1.165, 1.54) is 18.2 Å². The van der Waals surface area contributed by atoms with Crippen molar-refractivity contribution in [2.75, 3.05) is 6.54 Å². The molecule has 0 spiro atoms. The molecule has 0 aliphatic carbocycles. The number of nitrogens with one attached hydrogen (secondary N) is 2. The van der Waals surface area contributed by atoms with Crippen molar-refractivity contribution in [2.24, 2.45) is 5.92 Å². The largest absolute Gasteiger partial charge is 0.311 e. The highest BCUT2D eigenvalue weighted by molar-refractivity contribution is 9.10. The normalized spacial score (nSPS) is 11.1. The van der Waals surface area contributed by atoms with Crippen LogP contribution in [0.4, 0.5) is 4.39 Å². The Morgan fingerprint density at radius 2 is 2.14 bits per heavy atom. The molecule has 21 heavy (non-hydrogen) atoms. The fraction of sp³-hybridized carbons (Fsp3) is 0.333. The molecule has 1 aromatic heterocycles. The van der Waals surface area contributed by atoms with Crippen molar-refractivity contribution in [1.29, 1.82) is 0 Å². The Hall–Kier alpha value is -1.53. The van der Waals surface area contributed by atoms with E-state index in [4.69, 9.17) is 0 Å². The van der Waals surface area contributed by atoms with Crippen LogP contribution >= 0.6 is 15.9 Å². The minimum Gasteiger partial charge on any atom is -0.311 e. The van der Waals surface area contributed by atoms with Crippen molar-refractivity contribution in [3.63, 3.8) is 0 Å². The third-order valence-electron chi connectivity index (χ3n) is 2.84. The Bertz CT molecular complexity index is 685. The zero-order valence-electron chi connectivity index (χ0n) is 11.9. The highest BCUT2D eigenvalue weighted by atomic mass is 79.9. The highest BCUT2D eigenvalue weighted by Crippen LogP contribution is 2.25. The van der Waals surface area contributed by atoms with Crippen LogP contribution in [0.2, 0.25) is 0 Å². The summed E-state index contributed by atoms with van der Waals surface area (Å²) in [6, 6.07) is 5.73. The summed E-state index contributed by atoms with van der Waals surface area (Å²) in [5, 5.41) is 3.23. The summed E-state index contributed by atoms with van der Waals surface area (Å²) in [5.74, 6) is 0.498. The fourth-order valence-corrected chi connectivity index (χ4v) is 2.33. The van der Waals surface area contributed by atoms with E-state index in [1.807, 2.05) is 0 Å². The first-order chi connectivity index (χ1) is 9.95. The van der Waals surface area contributed by atoms with Crippen LogP contribution in [0.1, 0.15) is 19.5 Å². The van der Waals surface area contributed by atoms with Crippen molar-refractivity contribution in [2.45, 2.75) is 20.4 Å². The zero-order chi connectivity index (χ0) is 15.4. The number of rotatable bonds is 5. The second-order valence-electron chi connectivity index (χ2n) is 5.23. The predicted molar refractivity (Wildman–Crippen MR) is 84.5 cm³/mol. The third-order valence-corrected chi connectivity index (χ3v) is 3.53. The van der Waals surface area contributed by atoms with Crippen molar-refractivity contribution >= 4 is 15.9 Å². The minimum absolute atomic E-state index is 0.252. The first-order valence-electron chi connectivity index (χ1n) is 6.72. The zero-order valence-corrected chi connectivity index (χ0v) is 13.5. The second-order valence-corrected chi connectivity index (χ2v) is 6.09. The van der Waals surface area contributed by atoms with E-state index in [-0.39, 0.29) is 11.4 Å². The number of hydrogen-bond acceptors (Lipinski definition) is 3. The van der Waals surface area contributed by atoms with Crippen LogP contribution in [0.5, 0.6) is 0 Å². The molecule has 112 valence electrons. The second kappa shape index (κ2) is 6.95. The smallest absolute Gasteiger partial charge is 0.251 e. The summed E-state index contributed by atoms with van der Waals surface area (Å²) >= 11 is 3.34. The number of benzene rings is 1. The van der Waals surface area contributed by atoms with Crippen molar-refractivity contribution in [1.82, 2.24) is 15.3 Å². The van der Waals surface area contributed by atoms with E-state index < -0.39 is 0 Å². The standard InChI is InChI=1S/C15H17BrFN3O/c1-9(2)7-18-8-11-6-14(21)20-15(19-11)12-5-10(17)3-4-13(12)16/h3-6,9,18H,7-8H2,1-2H3,(H,19,20,21). The average molecular weight is 354 g/mol. The van der Waals surface area contributed by atoms with Gasteiger partial charge in [-0.25, -0.2) is 9.37 Å². The summed E-state index contributed by atoms with van der Waals surface area (Å²) in [7, 11) is 0. The average Bonchev–Trinajstić information content (AvgIpc) is 2.40. The lowest BCUT2D eigenvalue weighted by Crippen LogP contribution is -2.21. The first kappa shape index (κ1) is 15.9. The summed E-state index contributed by atoms with van der Waals surface area (Å²) in [5.41, 5.74) is 0.904. The maximum absolute atomic E-state index is 13.4. The number of nitrogens with zero attached hydrogens (tertiary/aromatic N) is 1. The van der Waals surface area contributed by atoms with E-state index in [0.29, 0.717) is 34.0 Å². The van der Waals surface area contributed by atoms with Gasteiger partial charge in [0.05, 0.1) is 5.69 Å². The van der Waals surface area contributed by atoms with Gasteiger partial charge in [0.2, 0.25) is 0 Å². The van der Waals surface area contributed by atoms with Crippen LogP contribution in [-0.4, -0.2) is 16.5 Å². The maximum atomic E-state index is 13.4. The lowest BCUT2D eigenvalue weighted by Gasteiger charge is -2.09. The Balaban J connectivity index is 2.30. The van der Waals surface area contributed by atoms with Gasteiger partial charge in [0.15, 0.2) is 0 Å². The fourth-order valence-electron chi connectivity index (χ4n) is 1.89. The molecule has 0 fully saturated rings. The molecule has 6 heteroatoms. The quantitative estimate of drug-likeness (QED) is 0.868. The number of H-pyrrole nitrogens is 1. The van der Waals surface area contributed by atoms with Crippen LogP contribution in [0.25, 0.3) is 11.4 Å². The lowest BCUT2D eigenvalue weighted by molar-refractivity contribution is 0.548. The molecule has 2 N–H and O–H groups in total. The molecular formula is C15H17BrFN3O. The van der Waals surface area contributed by atoms with Gasteiger partial charge in [-0.15, -0.1) is 0 Å².